The molecule has 0 atom stereocenters. The summed E-state index contributed by atoms with van der Waals surface area (Å²) in [6, 6.07) is 0. The molecular weight excluding hydrogens is 268 g/mol. The lowest BCUT2D eigenvalue weighted by molar-refractivity contribution is -0.135. The largest absolute Gasteiger partial charge is 0.461 e. The highest BCUT2D eigenvalue weighted by molar-refractivity contribution is 6.37. The van der Waals surface area contributed by atoms with Crippen LogP contribution in [0.1, 0.15) is 20.8 Å². The van der Waals surface area contributed by atoms with Gasteiger partial charge in [-0.25, -0.2) is 4.79 Å². The minimum atomic E-state index is -0.739. The van der Waals surface area contributed by atoms with E-state index < -0.39 is 5.97 Å². The van der Waals surface area contributed by atoms with Crippen molar-refractivity contribution < 1.29 is 25.2 Å². The molecule has 0 aromatic carbocycles. The van der Waals surface area contributed by atoms with Gasteiger partial charge in [0.2, 0.25) is 0 Å². The number of oxime groups is 3. The summed E-state index contributed by atoms with van der Waals surface area (Å²) in [5.74, 6) is -0.739. The highest BCUT2D eigenvalue weighted by atomic mass is 16.5. The van der Waals surface area contributed by atoms with E-state index in [4.69, 9.17) is 20.4 Å². The van der Waals surface area contributed by atoms with Crippen molar-refractivity contribution in [3.63, 3.8) is 0 Å². The van der Waals surface area contributed by atoms with Crippen molar-refractivity contribution in [3.05, 3.63) is 0 Å². The first-order valence-electron chi connectivity index (χ1n) is 5.93. The van der Waals surface area contributed by atoms with Crippen LogP contribution >= 0.6 is 0 Å². The summed E-state index contributed by atoms with van der Waals surface area (Å²) in [5, 5.41) is 35.2. The number of ether oxygens (including phenoxy) is 1. The van der Waals surface area contributed by atoms with Crippen LogP contribution in [-0.4, -0.2) is 69.9 Å². The van der Waals surface area contributed by atoms with Crippen molar-refractivity contribution in [1.29, 1.82) is 0 Å². The average molecular weight is 288 g/mol. The van der Waals surface area contributed by atoms with Crippen LogP contribution in [0, 0.1) is 0 Å². The Morgan fingerprint density at radius 3 is 1.85 bits per heavy atom. The highest BCUT2D eigenvalue weighted by Gasteiger charge is 2.19. The molecule has 3 N–H and O–H groups in total. The van der Waals surface area contributed by atoms with Crippen molar-refractivity contribution in [2.45, 2.75) is 20.8 Å². The Morgan fingerprint density at radius 2 is 1.50 bits per heavy atom. The van der Waals surface area contributed by atoms with Gasteiger partial charge in [0.25, 0.3) is 0 Å². The minimum Gasteiger partial charge on any atom is -0.461 e. The maximum atomic E-state index is 11.5. The van der Waals surface area contributed by atoms with Crippen LogP contribution in [0.15, 0.2) is 15.5 Å². The van der Waals surface area contributed by atoms with Gasteiger partial charge in [-0.15, -0.1) is 0 Å². The summed E-state index contributed by atoms with van der Waals surface area (Å²) in [4.78, 5) is 13.1. The molecule has 9 nitrogen and oxygen atoms in total. The number of esters is 1. The molecule has 0 unspecified atom stereocenters. The number of carbonyl (C=O) groups is 1. The predicted octanol–water partition coefficient (Wildman–Crippen LogP) is 0.382. The van der Waals surface area contributed by atoms with E-state index in [9.17, 15) is 4.79 Å². The fraction of sp³-hybridized carbons (Fsp3) is 0.636. The van der Waals surface area contributed by atoms with Gasteiger partial charge in [0, 0.05) is 13.1 Å². The van der Waals surface area contributed by atoms with Crippen molar-refractivity contribution in [3.8, 4) is 0 Å². The Morgan fingerprint density at radius 1 is 1.00 bits per heavy atom. The highest BCUT2D eigenvalue weighted by Crippen LogP contribution is 1.96. The standard InChI is InChI=1S/C11H20N4O5/c1-4-20-11(16)10(14-19)7-15(5-8(2)12-17)6-9(3)13-18/h17-19H,4-7H2,1-3H3/b12-8-,13-9+,14-10+. The molecule has 0 spiro atoms. The van der Waals surface area contributed by atoms with E-state index in [2.05, 4.69) is 15.5 Å². The van der Waals surface area contributed by atoms with Gasteiger partial charge in [-0.3, -0.25) is 4.90 Å². The second kappa shape index (κ2) is 9.73. The van der Waals surface area contributed by atoms with E-state index in [1.54, 1.807) is 25.7 Å². The fourth-order valence-electron chi connectivity index (χ4n) is 1.44. The lowest BCUT2D eigenvalue weighted by atomic mass is 10.2. The second-order valence-corrected chi connectivity index (χ2v) is 4.08. The molecule has 0 aliphatic rings. The summed E-state index contributed by atoms with van der Waals surface area (Å²) >= 11 is 0. The van der Waals surface area contributed by atoms with Crippen LogP contribution in [0.3, 0.4) is 0 Å². The number of rotatable bonds is 8. The molecular formula is C11H20N4O5. The average Bonchev–Trinajstić information content (AvgIpc) is 2.44. The Kier molecular flexibility index (Phi) is 8.68. The smallest absolute Gasteiger partial charge is 0.357 e. The molecule has 0 heterocycles. The molecule has 0 aliphatic heterocycles. The van der Waals surface area contributed by atoms with Gasteiger partial charge in [-0.2, -0.15) is 0 Å². The maximum Gasteiger partial charge on any atom is 0.357 e. The van der Waals surface area contributed by atoms with Crippen LogP contribution in [-0.2, 0) is 9.53 Å². The van der Waals surface area contributed by atoms with Crippen molar-refractivity contribution in [2.24, 2.45) is 15.5 Å². The zero-order valence-electron chi connectivity index (χ0n) is 11.8. The lowest BCUT2D eigenvalue weighted by Gasteiger charge is -2.20. The zero-order chi connectivity index (χ0) is 15.5. The SMILES string of the molecule is CCOC(=O)/C(CN(C/C(C)=N\O)C/C(C)=N/O)=N/O. The van der Waals surface area contributed by atoms with E-state index in [0.29, 0.717) is 11.4 Å². The molecule has 0 saturated carbocycles. The molecule has 20 heavy (non-hydrogen) atoms. The van der Waals surface area contributed by atoms with Gasteiger partial charge in [0.1, 0.15) is 0 Å². The molecule has 0 aromatic heterocycles. The zero-order valence-corrected chi connectivity index (χ0v) is 11.8. The van der Waals surface area contributed by atoms with Crippen molar-refractivity contribution >= 4 is 23.1 Å². The molecule has 0 fully saturated rings. The molecule has 0 saturated heterocycles. The summed E-state index contributed by atoms with van der Waals surface area (Å²) < 4.78 is 4.74. The molecule has 0 rings (SSSR count). The Bertz CT molecular complexity index is 386. The molecule has 0 radical (unpaired) electrons. The number of carbonyl (C=O) groups excluding carboxylic acids is 1. The van der Waals surface area contributed by atoms with Crippen LogP contribution in [0.2, 0.25) is 0 Å². The van der Waals surface area contributed by atoms with Gasteiger partial charge in [0.15, 0.2) is 5.71 Å². The van der Waals surface area contributed by atoms with Crippen molar-refractivity contribution in [1.82, 2.24) is 4.90 Å². The van der Waals surface area contributed by atoms with E-state index >= 15 is 0 Å². The normalized spacial score (nSPS) is 13.7. The van der Waals surface area contributed by atoms with E-state index in [-0.39, 0.29) is 32.0 Å². The van der Waals surface area contributed by atoms with Gasteiger partial charge in [-0.1, -0.05) is 15.5 Å². The third-order valence-corrected chi connectivity index (χ3v) is 2.25. The molecule has 0 amide bonds. The van der Waals surface area contributed by atoms with Gasteiger partial charge in [0.05, 0.1) is 24.6 Å². The molecule has 114 valence electrons. The summed E-state index contributed by atoms with van der Waals surface area (Å²) in [6.07, 6.45) is 0. The minimum absolute atomic E-state index is 0.0466. The van der Waals surface area contributed by atoms with Crippen LogP contribution in [0.25, 0.3) is 0 Å². The third kappa shape index (κ3) is 6.69. The Labute approximate surface area is 116 Å². The maximum absolute atomic E-state index is 11.5. The number of nitrogens with zero attached hydrogens (tertiary/aromatic N) is 4. The van der Waals surface area contributed by atoms with Gasteiger partial charge in [-0.05, 0) is 20.8 Å². The predicted molar refractivity (Wildman–Crippen MR) is 72.1 cm³/mol. The van der Waals surface area contributed by atoms with Gasteiger partial charge >= 0.3 is 5.97 Å². The van der Waals surface area contributed by atoms with E-state index in [1.165, 1.54) is 0 Å². The molecule has 0 aliphatic carbocycles. The topological polar surface area (TPSA) is 127 Å². The first-order chi connectivity index (χ1) is 9.48. The first kappa shape index (κ1) is 17.8. The van der Waals surface area contributed by atoms with Gasteiger partial charge < -0.3 is 20.4 Å². The summed E-state index contributed by atoms with van der Waals surface area (Å²) in [7, 11) is 0. The molecule has 0 aromatic rings. The third-order valence-electron chi connectivity index (χ3n) is 2.25. The van der Waals surface area contributed by atoms with E-state index in [1.807, 2.05) is 0 Å². The first-order valence-corrected chi connectivity index (χ1v) is 5.93. The van der Waals surface area contributed by atoms with Crippen molar-refractivity contribution in [2.75, 3.05) is 26.2 Å². The van der Waals surface area contributed by atoms with E-state index in [0.717, 1.165) is 0 Å². The van der Waals surface area contributed by atoms with Crippen LogP contribution in [0.4, 0.5) is 0 Å². The number of hydrogen-bond acceptors (Lipinski definition) is 9. The molecule has 0 bridgehead atoms. The monoisotopic (exact) mass is 288 g/mol. The molecule has 9 heteroatoms. The van der Waals surface area contributed by atoms with Crippen LogP contribution in [0.5, 0.6) is 0 Å². The Hall–Kier alpha value is -2.16. The fourth-order valence-corrected chi connectivity index (χ4v) is 1.44. The van der Waals surface area contributed by atoms with Crippen LogP contribution < -0.4 is 0 Å². The second-order valence-electron chi connectivity index (χ2n) is 4.08. The quantitative estimate of drug-likeness (QED) is 0.256. The Balaban J connectivity index is 4.89. The summed E-state index contributed by atoms with van der Waals surface area (Å²) in [5.41, 5.74) is 0.581. The summed E-state index contributed by atoms with van der Waals surface area (Å²) in [6.45, 7) is 5.30. The number of hydrogen-bond donors (Lipinski definition) is 3. The lowest BCUT2D eigenvalue weighted by Crippen LogP contribution is -2.40.